The lowest BCUT2D eigenvalue weighted by Gasteiger charge is -2.31. The van der Waals surface area contributed by atoms with Crippen molar-refractivity contribution in [2.45, 2.75) is 138 Å². The summed E-state index contributed by atoms with van der Waals surface area (Å²) >= 11 is 0. The maximum atomic E-state index is 13.2. The summed E-state index contributed by atoms with van der Waals surface area (Å²) < 4.78 is 0. The second-order valence-electron chi connectivity index (χ2n) is 14.0. The van der Waals surface area contributed by atoms with E-state index in [1.807, 2.05) is 20.9 Å². The van der Waals surface area contributed by atoms with Crippen LogP contribution in [0.4, 0.5) is 0 Å². The zero-order valence-electron chi connectivity index (χ0n) is 30.9. The molecular formula is C36H69N5O4. The largest absolute Gasteiger partial charge is 0.350 e. The molecule has 0 radical (unpaired) electrons. The normalized spacial score (nSPS) is 17.7. The summed E-state index contributed by atoms with van der Waals surface area (Å²) in [5.41, 5.74) is 0.525. The van der Waals surface area contributed by atoms with E-state index < -0.39 is 6.04 Å². The fourth-order valence-corrected chi connectivity index (χ4v) is 5.57. The summed E-state index contributed by atoms with van der Waals surface area (Å²) in [5, 5.41) is 2.38. The Kier molecular flexibility index (Phi) is 22.6. The van der Waals surface area contributed by atoms with Gasteiger partial charge in [-0.15, -0.1) is 0 Å². The van der Waals surface area contributed by atoms with E-state index in [4.69, 9.17) is 0 Å². The third-order valence-corrected chi connectivity index (χ3v) is 8.26. The van der Waals surface area contributed by atoms with Gasteiger partial charge in [0.15, 0.2) is 0 Å². The molecule has 0 bridgehead atoms. The average Bonchev–Trinajstić information content (AvgIpc) is 3.49. The predicted octanol–water partition coefficient (Wildman–Crippen LogP) is 5.73. The van der Waals surface area contributed by atoms with E-state index >= 15 is 0 Å². The van der Waals surface area contributed by atoms with E-state index in [9.17, 15) is 19.2 Å². The van der Waals surface area contributed by atoms with Gasteiger partial charge in [0.25, 0.3) is 0 Å². The first-order chi connectivity index (χ1) is 21.2. The number of carbonyl (C=O) groups excluding carboxylic acids is 4. The first kappa shape index (κ1) is 42.6. The summed E-state index contributed by atoms with van der Waals surface area (Å²) in [4.78, 5) is 56.6. The van der Waals surface area contributed by atoms with Crippen LogP contribution in [0, 0.1) is 11.8 Å². The number of unbranched alkanes of at least 4 members (excludes halogenated alkanes) is 3. The monoisotopic (exact) mass is 636 g/mol. The Labute approximate surface area is 276 Å². The van der Waals surface area contributed by atoms with Crippen LogP contribution < -0.4 is 5.32 Å². The van der Waals surface area contributed by atoms with Crippen molar-refractivity contribution in [1.29, 1.82) is 0 Å². The molecule has 2 atom stereocenters. The highest BCUT2D eigenvalue weighted by Crippen LogP contribution is 2.23. The molecule has 2 heterocycles. The molecule has 2 rings (SSSR count). The molecule has 9 nitrogen and oxygen atoms in total. The molecule has 0 aliphatic carbocycles. The van der Waals surface area contributed by atoms with Crippen LogP contribution in [-0.2, 0) is 19.2 Å². The Morgan fingerprint density at radius 2 is 1.49 bits per heavy atom. The number of nitrogens with zero attached hydrogens (tertiary/aromatic N) is 4. The minimum atomic E-state index is -0.421. The van der Waals surface area contributed by atoms with E-state index in [0.29, 0.717) is 31.5 Å². The summed E-state index contributed by atoms with van der Waals surface area (Å²) in [6, 6.07) is 0.0545. The topological polar surface area (TPSA) is 93.3 Å². The van der Waals surface area contributed by atoms with Crippen molar-refractivity contribution in [2.24, 2.45) is 11.8 Å². The van der Waals surface area contributed by atoms with E-state index in [0.717, 1.165) is 37.6 Å². The number of nitrogens with one attached hydrogen (secondary N) is 1. The number of piperidine rings is 1. The third kappa shape index (κ3) is 17.2. The third-order valence-electron chi connectivity index (χ3n) is 8.26. The molecule has 0 aromatic carbocycles. The molecule has 1 N–H and O–H groups in total. The molecule has 0 unspecified atom stereocenters. The summed E-state index contributed by atoms with van der Waals surface area (Å²) in [6.07, 6.45) is 12.5. The van der Waals surface area contributed by atoms with Crippen LogP contribution in [0.15, 0.2) is 11.6 Å². The van der Waals surface area contributed by atoms with Gasteiger partial charge in [0.1, 0.15) is 6.04 Å². The number of likely N-dealkylation sites (tertiary alicyclic amines) is 2. The summed E-state index contributed by atoms with van der Waals surface area (Å²) in [7, 11) is 3.49. The van der Waals surface area contributed by atoms with E-state index in [1.54, 1.807) is 34.7 Å². The number of rotatable bonds is 14. The van der Waals surface area contributed by atoms with Crippen molar-refractivity contribution >= 4 is 24.1 Å². The van der Waals surface area contributed by atoms with Crippen LogP contribution in [0.25, 0.3) is 0 Å². The van der Waals surface area contributed by atoms with Crippen LogP contribution in [0.3, 0.4) is 0 Å². The highest BCUT2D eigenvalue weighted by molar-refractivity contribution is 5.97. The zero-order chi connectivity index (χ0) is 34.5. The lowest BCUT2D eigenvalue weighted by atomic mass is 9.99. The molecular weight excluding hydrogens is 566 g/mol. The zero-order valence-corrected chi connectivity index (χ0v) is 30.9. The summed E-state index contributed by atoms with van der Waals surface area (Å²) in [6.45, 7) is 22.8. The predicted molar refractivity (Wildman–Crippen MR) is 187 cm³/mol. The van der Waals surface area contributed by atoms with Gasteiger partial charge in [0, 0.05) is 38.8 Å². The van der Waals surface area contributed by atoms with E-state index in [2.05, 4.69) is 51.8 Å². The molecule has 262 valence electrons. The van der Waals surface area contributed by atoms with Crippen molar-refractivity contribution in [2.75, 3.05) is 46.8 Å². The molecule has 0 saturated carbocycles. The fraction of sp³-hybridized carbons (Fsp3) is 0.833. The Balaban J connectivity index is 0.00000123. The molecule has 0 aromatic heterocycles. The number of hydrogen-bond donors (Lipinski definition) is 1. The molecule has 2 aliphatic heterocycles. The number of likely N-dealkylation sites (N-methyl/N-ethyl adjacent to an activating group) is 2. The van der Waals surface area contributed by atoms with Gasteiger partial charge >= 0.3 is 0 Å². The Hall–Kier alpha value is -2.42. The van der Waals surface area contributed by atoms with Crippen molar-refractivity contribution in [1.82, 2.24) is 24.9 Å². The van der Waals surface area contributed by atoms with Gasteiger partial charge in [0.2, 0.25) is 24.1 Å². The van der Waals surface area contributed by atoms with Gasteiger partial charge in [-0.1, -0.05) is 73.3 Å². The minimum Gasteiger partial charge on any atom is -0.350 e. The van der Waals surface area contributed by atoms with Crippen molar-refractivity contribution in [3.05, 3.63) is 11.6 Å². The maximum absolute atomic E-state index is 13.2. The maximum Gasteiger partial charge on any atom is 0.249 e. The average molecular weight is 636 g/mol. The Morgan fingerprint density at radius 1 is 0.889 bits per heavy atom. The van der Waals surface area contributed by atoms with Gasteiger partial charge in [-0.3, -0.25) is 19.2 Å². The second kappa shape index (κ2) is 23.9. The standard InChI is InChI=1S/C24H42N4O4.C8H17N.C4H10/c1-7-8-9-10-13-26(5)24(32)20-12-11-14-28(20)23(31)19(4)15-21(18(2)3)27(6)22(30)16-25-17-29;1-8(2)9-6-4-3-5-7-9;1-4(2)3/h15,17-18,20-21H,7-14,16H2,1-6H3,(H,25,29);8H,3-7H2,1-2H3;4H,1-3H3/b19-15+;;/t20-,21+;;/m0../s1. The Bertz CT molecular complexity index is 880. The van der Waals surface area contributed by atoms with E-state index in [1.165, 1.54) is 38.8 Å². The van der Waals surface area contributed by atoms with Crippen LogP contribution in [0.1, 0.15) is 120 Å². The van der Waals surface area contributed by atoms with Crippen LogP contribution in [0.5, 0.6) is 0 Å². The summed E-state index contributed by atoms with van der Waals surface area (Å²) in [5.74, 6) is 0.532. The molecule has 9 heteroatoms. The van der Waals surface area contributed by atoms with Crippen LogP contribution >= 0.6 is 0 Å². The highest BCUT2D eigenvalue weighted by Gasteiger charge is 2.36. The first-order valence-corrected chi connectivity index (χ1v) is 17.6. The molecule has 2 aliphatic rings. The van der Waals surface area contributed by atoms with Gasteiger partial charge < -0.3 is 24.9 Å². The van der Waals surface area contributed by atoms with Gasteiger partial charge in [-0.25, -0.2) is 0 Å². The highest BCUT2D eigenvalue weighted by atomic mass is 16.2. The minimum absolute atomic E-state index is 0.00721. The van der Waals surface area contributed by atoms with Gasteiger partial charge in [-0.2, -0.15) is 0 Å². The second-order valence-corrected chi connectivity index (χ2v) is 14.0. The Morgan fingerprint density at radius 3 is 1.98 bits per heavy atom. The van der Waals surface area contributed by atoms with Crippen LogP contribution in [0.2, 0.25) is 0 Å². The fourth-order valence-electron chi connectivity index (χ4n) is 5.57. The van der Waals surface area contributed by atoms with E-state index in [-0.39, 0.29) is 36.2 Å². The lowest BCUT2D eigenvalue weighted by molar-refractivity contribution is -0.141. The lowest BCUT2D eigenvalue weighted by Crippen LogP contribution is -2.47. The van der Waals surface area contributed by atoms with Gasteiger partial charge in [-0.05, 0) is 77.8 Å². The first-order valence-electron chi connectivity index (χ1n) is 17.6. The van der Waals surface area contributed by atoms with Crippen molar-refractivity contribution in [3.63, 3.8) is 0 Å². The SMILES string of the molecule is CC(C)C.CC(C)N1CCCCC1.CCCCCCN(C)C(=O)[C@@H]1CCCN1C(=O)/C(C)=C/[C@H](C(C)C)N(C)C(=O)CNC=O. The molecule has 2 fully saturated rings. The molecule has 2 saturated heterocycles. The number of amides is 4. The number of hydrogen-bond acceptors (Lipinski definition) is 5. The smallest absolute Gasteiger partial charge is 0.249 e. The molecule has 0 spiro atoms. The molecule has 4 amide bonds. The quantitative estimate of drug-likeness (QED) is 0.149. The number of carbonyl (C=O) groups is 4. The van der Waals surface area contributed by atoms with Crippen molar-refractivity contribution in [3.8, 4) is 0 Å². The van der Waals surface area contributed by atoms with Crippen LogP contribution in [-0.4, -0.2) is 109 Å². The molecule has 0 aromatic rings. The van der Waals surface area contributed by atoms with Gasteiger partial charge in [0.05, 0.1) is 12.6 Å². The molecule has 45 heavy (non-hydrogen) atoms. The van der Waals surface area contributed by atoms with Crippen molar-refractivity contribution < 1.29 is 19.2 Å².